The molecule has 4 nitrogen and oxygen atoms in total. The van der Waals surface area contributed by atoms with Crippen molar-refractivity contribution in [2.24, 2.45) is 0 Å². The van der Waals surface area contributed by atoms with Gasteiger partial charge in [-0.3, -0.25) is 4.79 Å². The lowest BCUT2D eigenvalue weighted by Crippen LogP contribution is -2.06. The number of carbonyl (C=O) groups excluding carboxylic acids is 1. The molecule has 0 saturated heterocycles. The summed E-state index contributed by atoms with van der Waals surface area (Å²) in [7, 11) is 0. The van der Waals surface area contributed by atoms with Gasteiger partial charge in [-0.2, -0.15) is 0 Å². The summed E-state index contributed by atoms with van der Waals surface area (Å²) in [4.78, 5) is 11.3. The average Bonchev–Trinajstić information content (AvgIpc) is 2.50. The summed E-state index contributed by atoms with van der Waals surface area (Å²) in [6.45, 7) is 4.98. The van der Waals surface area contributed by atoms with Crippen molar-refractivity contribution in [3.8, 4) is 17.2 Å². The molecule has 4 heteroatoms. The normalized spacial score (nSPS) is 18.9. The smallest absolute Gasteiger partial charge is 0.318 e. The van der Waals surface area contributed by atoms with E-state index >= 15 is 0 Å². The van der Waals surface area contributed by atoms with E-state index in [-0.39, 0.29) is 17.2 Å². The molecular weight excluding hydrogens is 196 g/mol. The number of esters is 1. The van der Waals surface area contributed by atoms with Crippen LogP contribution in [0.3, 0.4) is 0 Å². The van der Waals surface area contributed by atoms with Crippen LogP contribution in [0.1, 0.15) is 29.5 Å². The number of hydrogen-bond acceptors (Lipinski definition) is 4. The molecule has 1 aromatic rings. The molecular formula is C11H12O4. The monoisotopic (exact) mass is 208 g/mol. The largest absolute Gasteiger partial charge is 0.507 e. The number of phenolic OH excluding ortho intramolecular Hbond substituents is 2. The number of phenols is 2. The predicted molar refractivity (Wildman–Crippen MR) is 53.3 cm³/mol. The van der Waals surface area contributed by atoms with Crippen LogP contribution in [0.15, 0.2) is 0 Å². The lowest BCUT2D eigenvalue weighted by Gasteiger charge is -2.11. The van der Waals surface area contributed by atoms with Gasteiger partial charge in [0, 0.05) is 11.1 Å². The first kappa shape index (κ1) is 9.83. The van der Waals surface area contributed by atoms with Crippen LogP contribution in [0.5, 0.6) is 17.2 Å². The minimum absolute atomic E-state index is 0.0244. The first-order valence-electron chi connectivity index (χ1n) is 4.71. The van der Waals surface area contributed by atoms with E-state index in [2.05, 4.69) is 0 Å². The zero-order valence-corrected chi connectivity index (χ0v) is 8.79. The van der Waals surface area contributed by atoms with E-state index in [9.17, 15) is 15.0 Å². The summed E-state index contributed by atoms with van der Waals surface area (Å²) in [5.74, 6) is -0.756. The van der Waals surface area contributed by atoms with Crippen molar-refractivity contribution in [1.82, 2.24) is 0 Å². The Morgan fingerprint density at radius 2 is 1.73 bits per heavy atom. The Hall–Kier alpha value is -1.71. The van der Waals surface area contributed by atoms with Gasteiger partial charge in [-0.05, 0) is 26.3 Å². The maximum atomic E-state index is 11.3. The molecule has 0 radical (unpaired) electrons. The molecule has 2 rings (SSSR count). The fourth-order valence-corrected chi connectivity index (χ4v) is 1.92. The molecule has 1 aromatic carbocycles. The molecule has 0 unspecified atom stereocenters. The maximum absolute atomic E-state index is 11.3. The van der Waals surface area contributed by atoms with E-state index in [1.807, 2.05) is 0 Å². The second kappa shape index (κ2) is 2.89. The zero-order valence-electron chi connectivity index (χ0n) is 8.79. The molecule has 0 aliphatic carbocycles. The van der Waals surface area contributed by atoms with E-state index in [0.717, 1.165) is 0 Å². The highest BCUT2D eigenvalue weighted by Crippen LogP contribution is 2.48. The maximum Gasteiger partial charge on any atom is 0.318 e. The van der Waals surface area contributed by atoms with Crippen LogP contribution in [-0.4, -0.2) is 16.2 Å². The van der Waals surface area contributed by atoms with E-state index in [1.54, 1.807) is 20.8 Å². The Balaban J connectivity index is 2.80. The third-order valence-electron chi connectivity index (χ3n) is 2.92. The number of ether oxygens (including phenoxy) is 1. The van der Waals surface area contributed by atoms with Gasteiger partial charge in [0.25, 0.3) is 0 Å². The molecule has 2 N–H and O–H groups in total. The first-order chi connectivity index (χ1) is 6.95. The van der Waals surface area contributed by atoms with Gasteiger partial charge in [-0.25, -0.2) is 0 Å². The van der Waals surface area contributed by atoms with Gasteiger partial charge < -0.3 is 14.9 Å². The summed E-state index contributed by atoms with van der Waals surface area (Å²) in [6.07, 6.45) is 0. The van der Waals surface area contributed by atoms with Gasteiger partial charge in [-0.15, -0.1) is 0 Å². The highest BCUT2D eigenvalue weighted by atomic mass is 16.5. The van der Waals surface area contributed by atoms with Crippen LogP contribution in [-0.2, 0) is 4.79 Å². The highest BCUT2D eigenvalue weighted by Gasteiger charge is 2.35. The molecule has 1 aliphatic rings. The fraction of sp³-hybridized carbons (Fsp3) is 0.364. The minimum Gasteiger partial charge on any atom is -0.507 e. The van der Waals surface area contributed by atoms with Crippen molar-refractivity contribution >= 4 is 5.97 Å². The summed E-state index contributed by atoms with van der Waals surface area (Å²) in [5, 5.41) is 19.5. The Morgan fingerprint density at radius 3 is 2.33 bits per heavy atom. The summed E-state index contributed by atoms with van der Waals surface area (Å²) < 4.78 is 4.97. The Bertz CT molecular complexity index is 462. The van der Waals surface area contributed by atoms with Gasteiger partial charge in [0.2, 0.25) is 0 Å². The van der Waals surface area contributed by atoms with Crippen molar-refractivity contribution in [2.45, 2.75) is 26.7 Å². The van der Waals surface area contributed by atoms with Crippen LogP contribution >= 0.6 is 0 Å². The van der Waals surface area contributed by atoms with Gasteiger partial charge in [-0.1, -0.05) is 0 Å². The SMILES string of the molecule is Cc1c(O)c(C)c2c(c1O)OC(=O)[C@H]2C. The number of benzene rings is 1. The van der Waals surface area contributed by atoms with Crippen molar-refractivity contribution < 1.29 is 19.7 Å². The molecule has 0 aromatic heterocycles. The lowest BCUT2D eigenvalue weighted by molar-refractivity contribution is -0.133. The van der Waals surface area contributed by atoms with Gasteiger partial charge >= 0.3 is 5.97 Å². The van der Waals surface area contributed by atoms with Gasteiger partial charge in [0.15, 0.2) is 11.5 Å². The van der Waals surface area contributed by atoms with E-state index in [0.29, 0.717) is 16.7 Å². The van der Waals surface area contributed by atoms with E-state index in [4.69, 9.17) is 4.74 Å². The van der Waals surface area contributed by atoms with Crippen LogP contribution in [0.2, 0.25) is 0 Å². The highest BCUT2D eigenvalue weighted by molar-refractivity contribution is 5.88. The Kier molecular flexibility index (Phi) is 1.89. The zero-order chi connectivity index (χ0) is 11.3. The summed E-state index contributed by atoms with van der Waals surface area (Å²) >= 11 is 0. The average molecular weight is 208 g/mol. The van der Waals surface area contributed by atoms with Crippen LogP contribution in [0.4, 0.5) is 0 Å². The minimum atomic E-state index is -0.433. The second-order valence-electron chi connectivity index (χ2n) is 3.83. The molecule has 15 heavy (non-hydrogen) atoms. The molecule has 0 saturated carbocycles. The van der Waals surface area contributed by atoms with Crippen LogP contribution in [0, 0.1) is 13.8 Å². The predicted octanol–water partition coefficient (Wildman–Crippen LogP) is 1.74. The molecule has 1 atom stereocenters. The molecule has 0 spiro atoms. The molecule has 1 heterocycles. The fourth-order valence-electron chi connectivity index (χ4n) is 1.92. The van der Waals surface area contributed by atoms with E-state index in [1.165, 1.54) is 0 Å². The second-order valence-corrected chi connectivity index (χ2v) is 3.83. The summed E-state index contributed by atoms with van der Waals surface area (Å²) in [6, 6.07) is 0. The molecule has 1 aliphatic heterocycles. The van der Waals surface area contributed by atoms with Crippen molar-refractivity contribution in [3.63, 3.8) is 0 Å². The molecule has 0 fully saturated rings. The molecule has 80 valence electrons. The van der Waals surface area contributed by atoms with Crippen molar-refractivity contribution in [2.75, 3.05) is 0 Å². The van der Waals surface area contributed by atoms with Gasteiger partial charge in [0.05, 0.1) is 5.92 Å². The number of hydrogen-bond donors (Lipinski definition) is 2. The van der Waals surface area contributed by atoms with Crippen molar-refractivity contribution in [3.05, 3.63) is 16.7 Å². The molecule has 0 bridgehead atoms. The van der Waals surface area contributed by atoms with Crippen LogP contribution in [0.25, 0.3) is 0 Å². The molecule has 0 amide bonds. The van der Waals surface area contributed by atoms with Crippen LogP contribution < -0.4 is 4.74 Å². The topological polar surface area (TPSA) is 66.8 Å². The quantitative estimate of drug-likeness (QED) is 0.503. The number of rotatable bonds is 0. The van der Waals surface area contributed by atoms with Crippen molar-refractivity contribution in [1.29, 1.82) is 0 Å². The third kappa shape index (κ3) is 1.11. The van der Waals surface area contributed by atoms with E-state index < -0.39 is 11.9 Å². The summed E-state index contributed by atoms with van der Waals surface area (Å²) in [5.41, 5.74) is 1.52. The lowest BCUT2D eigenvalue weighted by atomic mass is 9.94. The number of fused-ring (bicyclic) bond motifs is 1. The Morgan fingerprint density at radius 1 is 1.13 bits per heavy atom. The number of aromatic hydroxyl groups is 2. The number of carbonyl (C=O) groups is 1. The standard InChI is InChI=1S/C11H12O4/c1-4-7-5(2)11(14)15-10(7)9(13)6(3)8(4)12/h5,12-13H,1-3H3/t5-/m0/s1. The Labute approximate surface area is 87.1 Å². The first-order valence-corrected chi connectivity index (χ1v) is 4.71. The van der Waals surface area contributed by atoms with Gasteiger partial charge in [0.1, 0.15) is 5.75 Å². The third-order valence-corrected chi connectivity index (χ3v) is 2.92.